The molecule has 0 radical (unpaired) electrons. The van der Waals surface area contributed by atoms with E-state index in [1.165, 1.54) is 11.6 Å². The molecule has 1 saturated heterocycles. The van der Waals surface area contributed by atoms with Crippen LogP contribution in [-0.2, 0) is 6.54 Å². The zero-order chi connectivity index (χ0) is 20.8. The fourth-order valence-electron chi connectivity index (χ4n) is 3.80. The number of pyridine rings is 1. The van der Waals surface area contributed by atoms with Gasteiger partial charge in [0, 0.05) is 24.7 Å². The first-order chi connectivity index (χ1) is 14.7. The Morgan fingerprint density at radius 2 is 2.00 bits per heavy atom. The van der Waals surface area contributed by atoms with E-state index < -0.39 is 0 Å². The molecule has 6 heteroatoms. The maximum Gasteiger partial charge on any atom is 0.251 e. The zero-order valence-corrected chi connectivity index (χ0v) is 16.8. The molecule has 3 aromatic rings. The Hall–Kier alpha value is -3.43. The summed E-state index contributed by atoms with van der Waals surface area (Å²) in [5.74, 6) is 4.28. The molecular formula is C24H24N4O2. The lowest BCUT2D eigenvalue weighted by atomic mass is 9.95. The molecule has 3 heterocycles. The second kappa shape index (κ2) is 9.38. The van der Waals surface area contributed by atoms with Crippen molar-refractivity contribution in [3.05, 3.63) is 76.5 Å². The standard InChI is InChI=1S/C24H24N4O2/c1-2-14-30-20-7-5-6-18(15-20)17-28-12-9-19(10-13-28)24-26-22(16-23(29)27-24)21-8-3-4-11-25-21/h1,3-8,11,15-16,19H,9-10,12-14,17H2,(H,26,27,29). The lowest BCUT2D eigenvalue weighted by Gasteiger charge is -2.31. The van der Waals surface area contributed by atoms with E-state index in [1.54, 1.807) is 6.20 Å². The normalized spacial score (nSPS) is 14.9. The highest BCUT2D eigenvalue weighted by atomic mass is 16.5. The smallest absolute Gasteiger partial charge is 0.251 e. The van der Waals surface area contributed by atoms with Gasteiger partial charge < -0.3 is 9.72 Å². The molecule has 1 aliphatic rings. The van der Waals surface area contributed by atoms with Gasteiger partial charge in [-0.25, -0.2) is 4.98 Å². The molecule has 30 heavy (non-hydrogen) atoms. The SMILES string of the molecule is C#CCOc1cccc(CN2CCC(c3nc(-c4ccccn4)cc(=O)[nH]3)CC2)c1. The van der Waals surface area contributed by atoms with Crippen LogP contribution in [0.5, 0.6) is 5.75 Å². The van der Waals surface area contributed by atoms with Crippen LogP contribution in [-0.4, -0.2) is 39.5 Å². The Labute approximate surface area is 176 Å². The first kappa shape index (κ1) is 19.9. The van der Waals surface area contributed by atoms with E-state index in [4.69, 9.17) is 16.1 Å². The molecular weight excluding hydrogens is 376 g/mol. The van der Waals surface area contributed by atoms with E-state index in [9.17, 15) is 4.79 Å². The molecule has 0 unspecified atom stereocenters. The van der Waals surface area contributed by atoms with E-state index in [-0.39, 0.29) is 18.1 Å². The fraction of sp³-hybridized carbons (Fsp3) is 0.292. The Bertz CT molecular complexity index is 1080. The summed E-state index contributed by atoms with van der Waals surface area (Å²) < 4.78 is 5.52. The zero-order valence-electron chi connectivity index (χ0n) is 16.8. The van der Waals surface area contributed by atoms with Crippen molar-refractivity contribution in [3.63, 3.8) is 0 Å². The van der Waals surface area contributed by atoms with Gasteiger partial charge in [0.15, 0.2) is 0 Å². The summed E-state index contributed by atoms with van der Waals surface area (Å²) in [4.78, 5) is 26.6. The van der Waals surface area contributed by atoms with Crippen LogP contribution in [0.2, 0.25) is 0 Å². The van der Waals surface area contributed by atoms with Gasteiger partial charge in [0.1, 0.15) is 18.2 Å². The molecule has 0 aliphatic carbocycles. The van der Waals surface area contributed by atoms with Crippen LogP contribution >= 0.6 is 0 Å². The third-order valence-electron chi connectivity index (χ3n) is 5.29. The number of aromatic nitrogens is 3. The highest BCUT2D eigenvalue weighted by Gasteiger charge is 2.23. The van der Waals surface area contributed by atoms with Crippen molar-refractivity contribution in [1.82, 2.24) is 19.9 Å². The first-order valence-electron chi connectivity index (χ1n) is 10.1. The average Bonchev–Trinajstić information content (AvgIpc) is 2.79. The molecule has 0 saturated carbocycles. The lowest BCUT2D eigenvalue weighted by Crippen LogP contribution is -2.33. The number of aromatic amines is 1. The minimum Gasteiger partial charge on any atom is -0.481 e. The summed E-state index contributed by atoms with van der Waals surface area (Å²) in [5.41, 5.74) is 2.41. The Morgan fingerprint density at radius 1 is 1.13 bits per heavy atom. The predicted molar refractivity (Wildman–Crippen MR) is 116 cm³/mol. The first-order valence-corrected chi connectivity index (χ1v) is 10.1. The highest BCUT2D eigenvalue weighted by molar-refractivity contribution is 5.52. The highest BCUT2D eigenvalue weighted by Crippen LogP contribution is 2.27. The Kier molecular flexibility index (Phi) is 6.21. The predicted octanol–water partition coefficient (Wildman–Crippen LogP) is 3.22. The monoisotopic (exact) mass is 400 g/mol. The van der Waals surface area contributed by atoms with E-state index in [2.05, 4.69) is 26.9 Å². The van der Waals surface area contributed by atoms with E-state index >= 15 is 0 Å². The van der Waals surface area contributed by atoms with E-state index in [0.717, 1.165) is 44.0 Å². The number of hydrogen-bond donors (Lipinski definition) is 1. The van der Waals surface area contributed by atoms with Crippen LogP contribution in [0.15, 0.2) is 59.5 Å². The molecule has 0 spiro atoms. The number of nitrogens with zero attached hydrogens (tertiary/aromatic N) is 3. The van der Waals surface area contributed by atoms with E-state index in [0.29, 0.717) is 11.4 Å². The summed E-state index contributed by atoms with van der Waals surface area (Å²) in [6.45, 7) is 3.02. The molecule has 4 rings (SSSR count). The van der Waals surface area contributed by atoms with Gasteiger partial charge in [-0.3, -0.25) is 14.7 Å². The topological polar surface area (TPSA) is 71.1 Å². The van der Waals surface area contributed by atoms with Crippen LogP contribution in [0.25, 0.3) is 11.4 Å². The second-order valence-corrected chi connectivity index (χ2v) is 7.42. The van der Waals surface area contributed by atoms with Gasteiger partial charge in [-0.05, 0) is 55.8 Å². The quantitative estimate of drug-likeness (QED) is 0.644. The number of ether oxygens (including phenoxy) is 1. The van der Waals surface area contributed by atoms with Crippen LogP contribution in [0.1, 0.15) is 30.1 Å². The third kappa shape index (κ3) is 4.94. The van der Waals surface area contributed by atoms with Gasteiger partial charge in [0.25, 0.3) is 5.56 Å². The minimum absolute atomic E-state index is 0.133. The number of piperidine rings is 1. The lowest BCUT2D eigenvalue weighted by molar-refractivity contribution is 0.201. The largest absolute Gasteiger partial charge is 0.481 e. The van der Waals surface area contributed by atoms with E-state index in [1.807, 2.05) is 36.4 Å². The van der Waals surface area contributed by atoms with Gasteiger partial charge in [0.05, 0.1) is 11.4 Å². The Morgan fingerprint density at radius 3 is 2.77 bits per heavy atom. The Balaban J connectivity index is 1.40. The maximum atomic E-state index is 12.2. The van der Waals surface area contributed by atoms with Gasteiger partial charge >= 0.3 is 0 Å². The molecule has 2 aromatic heterocycles. The number of likely N-dealkylation sites (tertiary alicyclic amines) is 1. The maximum absolute atomic E-state index is 12.2. The summed E-state index contributed by atoms with van der Waals surface area (Å²) in [5, 5.41) is 0. The number of benzene rings is 1. The second-order valence-electron chi connectivity index (χ2n) is 7.42. The summed E-state index contributed by atoms with van der Waals surface area (Å²) in [6.07, 6.45) is 8.87. The number of H-pyrrole nitrogens is 1. The number of rotatable bonds is 6. The molecule has 152 valence electrons. The van der Waals surface area contributed by atoms with Gasteiger partial charge in [0.2, 0.25) is 0 Å². The fourth-order valence-corrected chi connectivity index (χ4v) is 3.80. The van der Waals surface area contributed by atoms with Crippen molar-refractivity contribution in [2.24, 2.45) is 0 Å². The molecule has 0 amide bonds. The number of hydrogen-bond acceptors (Lipinski definition) is 5. The number of nitrogens with one attached hydrogen (secondary N) is 1. The summed E-state index contributed by atoms with van der Waals surface area (Å²) in [6, 6.07) is 15.2. The minimum atomic E-state index is -0.133. The summed E-state index contributed by atoms with van der Waals surface area (Å²) >= 11 is 0. The molecule has 1 aromatic carbocycles. The average molecular weight is 400 g/mol. The van der Waals surface area contributed by atoms with Crippen LogP contribution < -0.4 is 10.3 Å². The molecule has 0 bridgehead atoms. The van der Waals surface area contributed by atoms with Crippen molar-refractivity contribution < 1.29 is 4.74 Å². The van der Waals surface area contributed by atoms with Crippen molar-refractivity contribution in [2.75, 3.05) is 19.7 Å². The number of terminal acetylenes is 1. The molecule has 0 atom stereocenters. The molecule has 1 fully saturated rings. The van der Waals surface area contributed by atoms with Crippen molar-refractivity contribution in [2.45, 2.75) is 25.3 Å². The van der Waals surface area contributed by atoms with Crippen LogP contribution in [0, 0.1) is 12.3 Å². The van der Waals surface area contributed by atoms with Gasteiger partial charge in [-0.1, -0.05) is 24.1 Å². The van der Waals surface area contributed by atoms with Crippen LogP contribution in [0.3, 0.4) is 0 Å². The molecule has 6 nitrogen and oxygen atoms in total. The molecule has 1 aliphatic heterocycles. The van der Waals surface area contributed by atoms with Gasteiger partial charge in [-0.15, -0.1) is 6.42 Å². The van der Waals surface area contributed by atoms with Gasteiger partial charge in [-0.2, -0.15) is 0 Å². The van der Waals surface area contributed by atoms with Crippen LogP contribution in [0.4, 0.5) is 0 Å². The van der Waals surface area contributed by atoms with Crippen molar-refractivity contribution >= 4 is 0 Å². The third-order valence-corrected chi connectivity index (χ3v) is 5.29. The van der Waals surface area contributed by atoms with Crippen molar-refractivity contribution in [3.8, 4) is 29.5 Å². The summed E-state index contributed by atoms with van der Waals surface area (Å²) in [7, 11) is 0. The molecule has 1 N–H and O–H groups in total. The van der Waals surface area contributed by atoms with Crippen molar-refractivity contribution in [1.29, 1.82) is 0 Å².